The Kier molecular flexibility index (Phi) is 10.4. The molecule has 76 heavy (non-hydrogen) atoms. The molecule has 0 saturated heterocycles. The topological polar surface area (TPSA) is 207 Å². The van der Waals surface area contributed by atoms with Gasteiger partial charge in [-0.3, -0.25) is 0 Å². The Labute approximate surface area is 431 Å². The summed E-state index contributed by atoms with van der Waals surface area (Å²) in [6.45, 7) is 0. The van der Waals surface area contributed by atoms with Gasteiger partial charge in [0.2, 0.25) is 0 Å². The van der Waals surface area contributed by atoms with Crippen LogP contribution in [0.3, 0.4) is 0 Å². The number of nitrogens with zero attached hydrogens (tertiary/aromatic N) is 2. The lowest BCUT2D eigenvalue weighted by Crippen LogP contribution is -1.96. The Morgan fingerprint density at radius 1 is 0.276 bits per heavy atom. The van der Waals surface area contributed by atoms with E-state index < -0.39 is 23.9 Å². The Bertz CT molecular complexity index is 3930. The number of aromatic nitrogens is 4. The lowest BCUT2D eigenvalue weighted by molar-refractivity contribution is 0.0686. The number of H-pyrrole nitrogens is 2. The number of aromatic carboxylic acids is 4. The summed E-state index contributed by atoms with van der Waals surface area (Å²) in [4.78, 5) is 68.7. The maximum Gasteiger partial charge on any atom is 0.335 e. The molecule has 0 atom stereocenters. The summed E-state index contributed by atoms with van der Waals surface area (Å²) in [7, 11) is 0. The van der Waals surface area contributed by atoms with Crippen LogP contribution < -0.4 is 0 Å². The first-order chi connectivity index (χ1) is 37.0. The average molecular weight is 991 g/mol. The zero-order valence-electron chi connectivity index (χ0n) is 39.8. The maximum atomic E-state index is 12.4. The highest BCUT2D eigenvalue weighted by molar-refractivity contribution is 6.21. The van der Waals surface area contributed by atoms with Crippen LogP contribution in [0.15, 0.2) is 194 Å². The van der Waals surface area contributed by atoms with Crippen molar-refractivity contribution in [1.82, 2.24) is 19.9 Å². The number of benzene rings is 8. The van der Waals surface area contributed by atoms with Gasteiger partial charge in [-0.25, -0.2) is 29.1 Å². The van der Waals surface area contributed by atoms with Gasteiger partial charge in [0.05, 0.1) is 67.1 Å². The van der Waals surface area contributed by atoms with Crippen LogP contribution in [0.25, 0.3) is 133 Å². The number of aromatic amines is 2. The minimum atomic E-state index is -1.08. The molecule has 4 heterocycles. The van der Waals surface area contributed by atoms with Gasteiger partial charge in [0, 0.05) is 66.1 Å². The molecule has 2 aromatic heterocycles. The molecule has 362 valence electrons. The van der Waals surface area contributed by atoms with Gasteiger partial charge in [0.1, 0.15) is 0 Å². The molecule has 0 radical (unpaired) electrons. The standard InChI is InChI=1S/C64H38N4O8/c69-61(70)37-25-17-33(18-26-37)49-53-41-9-1-2-10-42(41)54(65-53)50(34-19-27-38(28-20-34)62(71)72)56-45-13-5-6-14-46(45)58(67-56)52(36-23-31-40(32-24-36)64(75)76)60-48-16-8-7-15-47(48)59(68-60)51(35-21-29-39(30-22-35)63(73)74)57-44-12-4-3-11-43(44)55(49)66-57/h1-32,65,68H,(H,69,70)(H,71,72)(H,73,74)(H,75,76). The van der Waals surface area contributed by atoms with Gasteiger partial charge in [0.15, 0.2) is 0 Å². The van der Waals surface area contributed by atoms with E-state index in [9.17, 15) is 39.6 Å². The summed E-state index contributed by atoms with van der Waals surface area (Å²) in [6, 6.07) is 58.5. The molecule has 0 amide bonds. The van der Waals surface area contributed by atoms with Crippen LogP contribution >= 0.6 is 0 Å². The van der Waals surface area contributed by atoms with E-state index in [-0.39, 0.29) is 22.3 Å². The second-order valence-electron chi connectivity index (χ2n) is 18.6. The highest BCUT2D eigenvalue weighted by atomic mass is 16.4. The minimum absolute atomic E-state index is 0.102. The summed E-state index contributed by atoms with van der Waals surface area (Å²) in [5, 5.41) is 43.7. The first-order valence-electron chi connectivity index (χ1n) is 24.2. The summed E-state index contributed by atoms with van der Waals surface area (Å²) in [5.41, 5.74) is 13.8. The van der Waals surface area contributed by atoms with Gasteiger partial charge in [-0.1, -0.05) is 146 Å². The van der Waals surface area contributed by atoms with Crippen LogP contribution in [0.1, 0.15) is 41.4 Å². The first kappa shape index (κ1) is 45.2. The second-order valence-corrected chi connectivity index (χ2v) is 18.6. The molecule has 8 aromatic carbocycles. The Balaban J connectivity index is 1.35. The van der Waals surface area contributed by atoms with Crippen molar-refractivity contribution in [2.24, 2.45) is 0 Å². The number of nitrogens with one attached hydrogen (secondary N) is 2. The third kappa shape index (κ3) is 7.15. The van der Waals surface area contributed by atoms with Crippen molar-refractivity contribution in [2.75, 3.05) is 0 Å². The highest BCUT2D eigenvalue weighted by Crippen LogP contribution is 2.52. The smallest absolute Gasteiger partial charge is 0.335 e. The number of hydrogen-bond donors (Lipinski definition) is 6. The van der Waals surface area contributed by atoms with E-state index in [4.69, 9.17) is 9.97 Å². The van der Waals surface area contributed by atoms with Gasteiger partial charge in [-0.15, -0.1) is 0 Å². The zero-order chi connectivity index (χ0) is 51.9. The lowest BCUT2D eigenvalue weighted by atomic mass is 9.93. The Morgan fingerprint density at radius 2 is 0.474 bits per heavy atom. The predicted molar refractivity (Wildman–Crippen MR) is 294 cm³/mol. The Morgan fingerprint density at radius 3 is 0.671 bits per heavy atom. The molecule has 0 saturated carbocycles. The van der Waals surface area contributed by atoms with Crippen LogP contribution in [-0.2, 0) is 0 Å². The molecular formula is C64H38N4O8. The van der Waals surface area contributed by atoms with Crippen molar-refractivity contribution in [2.45, 2.75) is 0 Å². The van der Waals surface area contributed by atoms with Crippen LogP contribution in [0.4, 0.5) is 0 Å². The summed E-state index contributed by atoms with van der Waals surface area (Å²) < 4.78 is 0. The van der Waals surface area contributed by atoms with Crippen molar-refractivity contribution >= 4 is 67.5 Å². The zero-order valence-corrected chi connectivity index (χ0v) is 39.8. The lowest BCUT2D eigenvalue weighted by Gasteiger charge is -2.09. The van der Waals surface area contributed by atoms with E-state index in [0.29, 0.717) is 89.4 Å². The molecule has 2 aliphatic heterocycles. The number of carboxylic acid groups (broad SMARTS) is 4. The molecule has 12 nitrogen and oxygen atoms in total. The number of hydrogen-bond acceptors (Lipinski definition) is 6. The average Bonchev–Trinajstić information content (AvgIpc) is 4.28. The second kappa shape index (κ2) is 17.5. The molecule has 1 aliphatic carbocycles. The van der Waals surface area contributed by atoms with Crippen molar-refractivity contribution in [3.05, 3.63) is 216 Å². The molecule has 12 heteroatoms. The maximum absolute atomic E-state index is 12.4. The Hall–Kier alpha value is -10.7. The van der Waals surface area contributed by atoms with Gasteiger partial charge < -0.3 is 30.4 Å². The molecule has 6 N–H and O–H groups in total. The fourth-order valence-electron chi connectivity index (χ4n) is 10.9. The normalized spacial score (nSPS) is 11.6. The van der Waals surface area contributed by atoms with E-state index in [1.165, 1.54) is 0 Å². The van der Waals surface area contributed by atoms with Gasteiger partial charge in [-0.2, -0.15) is 0 Å². The number of rotatable bonds is 8. The molecule has 10 aromatic rings. The SMILES string of the molecule is O=C(O)c1ccc(-c2c3nc(c(-c4ccc(C(=O)O)cc4)c4[nH]c(c(-c5ccc(C(=O)O)cc5)c5nc(c(-c6ccc(C(=O)O)cc6)c6[nH]c2c2ccccc62)-c2ccccc2-5)c2ccccc42)-c2ccccc2-3)cc1. The van der Waals surface area contributed by atoms with E-state index in [1.54, 1.807) is 97.1 Å². The molecule has 0 spiro atoms. The molecule has 0 fully saturated rings. The van der Waals surface area contributed by atoms with Crippen molar-refractivity contribution in [3.63, 3.8) is 0 Å². The van der Waals surface area contributed by atoms with Crippen LogP contribution in [0.2, 0.25) is 0 Å². The minimum Gasteiger partial charge on any atom is -0.478 e. The van der Waals surface area contributed by atoms with E-state index in [2.05, 4.69) is 9.97 Å². The first-order valence-corrected chi connectivity index (χ1v) is 24.2. The van der Waals surface area contributed by atoms with E-state index in [0.717, 1.165) is 43.8 Å². The van der Waals surface area contributed by atoms with Crippen LogP contribution in [0, 0.1) is 0 Å². The quantitative estimate of drug-likeness (QED) is 0.0849. The van der Waals surface area contributed by atoms with E-state index in [1.807, 2.05) is 97.1 Å². The summed E-state index contributed by atoms with van der Waals surface area (Å²) >= 11 is 0. The molecule has 8 bridgehead atoms. The van der Waals surface area contributed by atoms with Gasteiger partial charge in [-0.05, 0) is 70.8 Å². The largest absolute Gasteiger partial charge is 0.478 e. The molecule has 13 rings (SSSR count). The summed E-state index contributed by atoms with van der Waals surface area (Å²) in [5.74, 6) is -4.31. The van der Waals surface area contributed by atoms with Crippen LogP contribution in [0.5, 0.6) is 0 Å². The highest BCUT2D eigenvalue weighted by Gasteiger charge is 2.30. The molecule has 3 aliphatic rings. The van der Waals surface area contributed by atoms with Crippen LogP contribution in [-0.4, -0.2) is 64.2 Å². The molecular weight excluding hydrogens is 953 g/mol. The van der Waals surface area contributed by atoms with Crippen molar-refractivity contribution in [3.8, 4) is 89.5 Å². The van der Waals surface area contributed by atoms with Gasteiger partial charge in [0.25, 0.3) is 0 Å². The summed E-state index contributed by atoms with van der Waals surface area (Å²) in [6.07, 6.45) is 0. The van der Waals surface area contributed by atoms with Crippen molar-refractivity contribution in [1.29, 1.82) is 0 Å². The van der Waals surface area contributed by atoms with E-state index >= 15 is 0 Å². The fourth-order valence-corrected chi connectivity index (χ4v) is 10.9. The monoisotopic (exact) mass is 990 g/mol. The fraction of sp³-hybridized carbons (Fsp3) is 0. The van der Waals surface area contributed by atoms with Gasteiger partial charge >= 0.3 is 23.9 Å². The third-order valence-corrected chi connectivity index (χ3v) is 14.4. The predicted octanol–water partition coefficient (Wildman–Crippen LogP) is 14.7. The number of carboxylic acids is 4. The third-order valence-electron chi connectivity index (χ3n) is 14.4. The number of carbonyl (C=O) groups is 4. The molecule has 0 unspecified atom stereocenters. The van der Waals surface area contributed by atoms with Crippen molar-refractivity contribution < 1.29 is 39.6 Å².